The summed E-state index contributed by atoms with van der Waals surface area (Å²) in [7, 11) is -2.76. The molecule has 0 aliphatic heterocycles. The predicted molar refractivity (Wildman–Crippen MR) is 137 cm³/mol. The van der Waals surface area contributed by atoms with Crippen molar-refractivity contribution in [3.05, 3.63) is 89.2 Å². The van der Waals surface area contributed by atoms with Gasteiger partial charge in [0.05, 0.1) is 40.2 Å². The van der Waals surface area contributed by atoms with E-state index in [1.165, 1.54) is 48.1 Å². The molecular weight excluding hydrogens is 555 g/mol. The fourth-order valence-corrected chi connectivity index (χ4v) is 5.18. The van der Waals surface area contributed by atoms with Crippen LogP contribution in [0.25, 0.3) is 5.52 Å². The number of ether oxygens (including phenoxy) is 1. The molecule has 0 saturated heterocycles. The first-order chi connectivity index (χ1) is 18.7. The highest BCUT2D eigenvalue weighted by atomic mass is 32.2. The standard InChI is InChI=1S/C26H20F3N3O7S/c1-14-21(31-40(37,38)17-7-5-6-16(13-17)39-2)20-8-3-4-11-32(20)22(14)23(33)15-9-10-19(18(12-15)24(34)35)30-25(36)26(27,28)29/h3-13,31H,1-2H3,(H,30,36)(H,34,35). The number of ketones is 1. The van der Waals surface area contributed by atoms with Crippen molar-refractivity contribution in [2.24, 2.45) is 0 Å². The number of halogens is 3. The van der Waals surface area contributed by atoms with E-state index in [-0.39, 0.29) is 27.4 Å². The van der Waals surface area contributed by atoms with Gasteiger partial charge in [0.2, 0.25) is 5.78 Å². The third kappa shape index (κ3) is 5.33. The number of nitrogens with one attached hydrogen (secondary N) is 2. The molecule has 2 aromatic heterocycles. The molecule has 10 nitrogen and oxygen atoms in total. The Morgan fingerprint density at radius 1 is 1.00 bits per heavy atom. The lowest BCUT2D eigenvalue weighted by atomic mass is 10.0. The number of fused-ring (bicyclic) bond motifs is 1. The number of nitrogens with zero attached hydrogens (tertiary/aromatic N) is 1. The second kappa shape index (κ2) is 10.4. The number of carboxylic acids is 1. The number of methoxy groups -OCH3 is 1. The van der Waals surface area contributed by atoms with Crippen LogP contribution in [0, 0.1) is 6.92 Å². The summed E-state index contributed by atoms with van der Waals surface area (Å²) in [5.41, 5.74) is -1.07. The van der Waals surface area contributed by atoms with Crippen LogP contribution in [0.1, 0.15) is 32.0 Å². The summed E-state index contributed by atoms with van der Waals surface area (Å²) in [5, 5.41) is 11.0. The topological polar surface area (TPSA) is 143 Å². The van der Waals surface area contributed by atoms with Crippen LogP contribution in [0.4, 0.5) is 24.5 Å². The minimum atomic E-state index is -5.26. The number of sulfonamides is 1. The van der Waals surface area contributed by atoms with Gasteiger partial charge in [-0.05, 0) is 49.4 Å². The van der Waals surface area contributed by atoms with Crippen LogP contribution in [-0.2, 0) is 14.8 Å². The molecule has 2 heterocycles. The van der Waals surface area contributed by atoms with Gasteiger partial charge in [0.15, 0.2) is 0 Å². The molecule has 0 aliphatic carbocycles. The fourth-order valence-electron chi connectivity index (χ4n) is 4.00. The summed E-state index contributed by atoms with van der Waals surface area (Å²) in [4.78, 5) is 36.6. The summed E-state index contributed by atoms with van der Waals surface area (Å²) in [6.07, 6.45) is -3.77. The maximum atomic E-state index is 13.6. The number of amides is 1. The van der Waals surface area contributed by atoms with Crippen LogP contribution in [0.5, 0.6) is 5.75 Å². The summed E-state index contributed by atoms with van der Waals surface area (Å²) < 4.78 is 73.4. The van der Waals surface area contributed by atoms with Crippen LogP contribution in [0.3, 0.4) is 0 Å². The van der Waals surface area contributed by atoms with Crippen LogP contribution < -0.4 is 14.8 Å². The van der Waals surface area contributed by atoms with Gasteiger partial charge in [0, 0.05) is 23.4 Å². The van der Waals surface area contributed by atoms with Gasteiger partial charge >= 0.3 is 18.1 Å². The quantitative estimate of drug-likeness (QED) is 0.263. The van der Waals surface area contributed by atoms with Crippen LogP contribution >= 0.6 is 0 Å². The van der Waals surface area contributed by atoms with E-state index >= 15 is 0 Å². The first-order valence-corrected chi connectivity index (χ1v) is 12.8. The molecule has 0 fully saturated rings. The summed E-state index contributed by atoms with van der Waals surface area (Å²) in [6.45, 7) is 1.49. The third-order valence-electron chi connectivity index (χ3n) is 5.91. The second-order valence-electron chi connectivity index (χ2n) is 8.44. The van der Waals surface area contributed by atoms with Gasteiger partial charge in [-0.3, -0.25) is 14.3 Å². The molecule has 40 heavy (non-hydrogen) atoms. The van der Waals surface area contributed by atoms with Crippen molar-refractivity contribution in [1.29, 1.82) is 0 Å². The number of aromatic nitrogens is 1. The van der Waals surface area contributed by atoms with Gasteiger partial charge in [-0.1, -0.05) is 12.1 Å². The maximum absolute atomic E-state index is 13.6. The van der Waals surface area contributed by atoms with Crippen LogP contribution in [0.2, 0.25) is 0 Å². The zero-order valence-corrected chi connectivity index (χ0v) is 21.6. The van der Waals surface area contributed by atoms with Crippen molar-refractivity contribution >= 4 is 44.6 Å². The molecule has 0 spiro atoms. The molecule has 4 aromatic rings. The van der Waals surface area contributed by atoms with Crippen molar-refractivity contribution in [1.82, 2.24) is 4.40 Å². The van der Waals surface area contributed by atoms with E-state index in [9.17, 15) is 41.1 Å². The molecule has 4 rings (SSSR count). The zero-order valence-electron chi connectivity index (χ0n) is 20.7. The molecule has 0 aliphatic rings. The Morgan fingerprint density at radius 3 is 2.38 bits per heavy atom. The fraction of sp³-hybridized carbons (Fsp3) is 0.115. The average Bonchev–Trinajstić information content (AvgIpc) is 3.18. The molecule has 14 heteroatoms. The number of hydrogen-bond acceptors (Lipinski definition) is 6. The lowest BCUT2D eigenvalue weighted by molar-refractivity contribution is -0.167. The van der Waals surface area contributed by atoms with Crippen molar-refractivity contribution in [3.63, 3.8) is 0 Å². The molecule has 3 N–H and O–H groups in total. The highest BCUT2D eigenvalue weighted by Gasteiger charge is 2.39. The Balaban J connectivity index is 1.79. The van der Waals surface area contributed by atoms with E-state index < -0.39 is 45.1 Å². The number of carbonyl (C=O) groups is 3. The van der Waals surface area contributed by atoms with Gasteiger partial charge in [0.25, 0.3) is 10.0 Å². The molecule has 0 radical (unpaired) electrons. The van der Waals surface area contributed by atoms with Gasteiger partial charge in [0.1, 0.15) is 5.75 Å². The van der Waals surface area contributed by atoms with Gasteiger partial charge in [-0.2, -0.15) is 13.2 Å². The number of hydrogen-bond donors (Lipinski definition) is 3. The number of carboxylic acid groups (broad SMARTS) is 1. The number of carbonyl (C=O) groups excluding carboxylic acids is 2. The Kier molecular flexibility index (Phi) is 7.30. The Morgan fingerprint density at radius 2 is 1.73 bits per heavy atom. The molecule has 1 amide bonds. The van der Waals surface area contributed by atoms with E-state index in [4.69, 9.17) is 4.74 Å². The monoisotopic (exact) mass is 575 g/mol. The normalized spacial score (nSPS) is 11.7. The van der Waals surface area contributed by atoms with Crippen molar-refractivity contribution < 1.29 is 45.8 Å². The van der Waals surface area contributed by atoms with Crippen molar-refractivity contribution in [2.45, 2.75) is 18.0 Å². The number of aromatic carboxylic acids is 1. The van der Waals surface area contributed by atoms with Crippen LogP contribution in [-0.4, -0.2) is 48.9 Å². The van der Waals surface area contributed by atoms with Crippen molar-refractivity contribution in [3.8, 4) is 5.75 Å². The predicted octanol–water partition coefficient (Wildman–Crippen LogP) is 4.49. The average molecular weight is 576 g/mol. The lowest BCUT2D eigenvalue weighted by Crippen LogP contribution is -2.30. The SMILES string of the molecule is COc1cccc(S(=O)(=O)Nc2c(C)c(C(=O)c3ccc(NC(=O)C(F)(F)F)c(C(=O)O)c3)n3ccccc23)c1. The maximum Gasteiger partial charge on any atom is 0.471 e. The van der Waals surface area contributed by atoms with E-state index in [2.05, 4.69) is 4.72 Å². The molecule has 0 bridgehead atoms. The Hall–Kier alpha value is -4.85. The number of alkyl halides is 3. The van der Waals surface area contributed by atoms with Crippen molar-refractivity contribution in [2.75, 3.05) is 17.1 Å². The smallest absolute Gasteiger partial charge is 0.471 e. The minimum absolute atomic E-state index is 0.0256. The van der Waals surface area contributed by atoms with Crippen LogP contribution in [0.15, 0.2) is 71.8 Å². The molecule has 0 atom stereocenters. The molecule has 2 aromatic carbocycles. The van der Waals surface area contributed by atoms with E-state index in [0.717, 1.165) is 18.2 Å². The molecule has 208 valence electrons. The summed E-state index contributed by atoms with van der Waals surface area (Å²) >= 11 is 0. The first kappa shape index (κ1) is 28.2. The van der Waals surface area contributed by atoms with E-state index in [1.807, 2.05) is 0 Å². The Bertz CT molecular complexity index is 1780. The molecule has 0 saturated carbocycles. The van der Waals surface area contributed by atoms with Gasteiger partial charge in [-0.25, -0.2) is 13.2 Å². The highest BCUT2D eigenvalue weighted by Crippen LogP contribution is 2.33. The van der Waals surface area contributed by atoms with Gasteiger partial charge < -0.3 is 19.6 Å². The third-order valence-corrected chi connectivity index (χ3v) is 7.26. The van der Waals surface area contributed by atoms with Gasteiger partial charge in [-0.15, -0.1) is 0 Å². The number of benzene rings is 2. The summed E-state index contributed by atoms with van der Waals surface area (Å²) in [6, 6.07) is 13.3. The first-order valence-electron chi connectivity index (χ1n) is 11.3. The highest BCUT2D eigenvalue weighted by molar-refractivity contribution is 7.92. The molecule has 0 unspecified atom stereocenters. The minimum Gasteiger partial charge on any atom is -0.497 e. The van der Waals surface area contributed by atoms with E-state index in [0.29, 0.717) is 11.3 Å². The molecular formula is C26H20F3N3O7S. The number of anilines is 2. The lowest BCUT2D eigenvalue weighted by Gasteiger charge is -2.12. The summed E-state index contributed by atoms with van der Waals surface area (Å²) in [5.74, 6) is -4.51. The number of pyridine rings is 1. The number of rotatable bonds is 8. The Labute approximate surface area is 225 Å². The van der Waals surface area contributed by atoms with E-state index in [1.54, 1.807) is 24.3 Å². The second-order valence-corrected chi connectivity index (χ2v) is 10.1. The largest absolute Gasteiger partial charge is 0.497 e. The zero-order chi connectivity index (χ0) is 29.4.